The molecule has 1 heterocycles. The summed E-state index contributed by atoms with van der Waals surface area (Å²) in [4.78, 5) is 42.8. The highest BCUT2D eigenvalue weighted by Crippen LogP contribution is 2.40. The number of rotatable bonds is 9. The van der Waals surface area contributed by atoms with Gasteiger partial charge in [0.1, 0.15) is 11.4 Å². The van der Waals surface area contributed by atoms with E-state index in [-0.39, 0.29) is 33.9 Å². The molecular weight excluding hydrogens is 510 g/mol. The fourth-order valence-electron chi connectivity index (χ4n) is 4.33. The first-order valence-electron chi connectivity index (χ1n) is 12.9. The quantitative estimate of drug-likeness (QED) is 0.0934. The summed E-state index contributed by atoms with van der Waals surface area (Å²) >= 11 is 0. The molecule has 0 aliphatic heterocycles. The van der Waals surface area contributed by atoms with Gasteiger partial charge in [-0.05, 0) is 48.2 Å². The number of carbonyl (C=O) groups excluding carboxylic acids is 2. The second-order valence-corrected chi connectivity index (χ2v) is 9.20. The Morgan fingerprint density at radius 1 is 0.900 bits per heavy atom. The molecular formula is C30H27N5O5. The molecule has 40 heavy (non-hydrogen) atoms. The number of anilines is 1. The zero-order chi connectivity index (χ0) is 28.1. The first-order valence-corrected chi connectivity index (χ1v) is 12.9. The van der Waals surface area contributed by atoms with Gasteiger partial charge in [0.2, 0.25) is 0 Å². The van der Waals surface area contributed by atoms with Crippen LogP contribution in [0.3, 0.4) is 0 Å². The third-order valence-electron chi connectivity index (χ3n) is 6.38. The Kier molecular flexibility index (Phi) is 7.68. The van der Waals surface area contributed by atoms with Crippen LogP contribution in [0.1, 0.15) is 46.9 Å². The number of hydrogen-bond donors (Lipinski definition) is 4. The van der Waals surface area contributed by atoms with Gasteiger partial charge in [0.25, 0.3) is 5.91 Å². The normalized spacial score (nSPS) is 11.3. The topological polar surface area (TPSA) is 149 Å². The van der Waals surface area contributed by atoms with Gasteiger partial charge in [-0.15, -0.1) is 10.2 Å². The lowest BCUT2D eigenvalue weighted by molar-refractivity contribution is 0.0499. The minimum absolute atomic E-state index is 0.0149. The molecule has 0 aliphatic rings. The number of amides is 1. The smallest absolute Gasteiger partial charge is 0.340 e. The average Bonchev–Trinajstić information content (AvgIpc) is 3.34. The number of phenols is 1. The second-order valence-electron chi connectivity index (χ2n) is 9.20. The number of nitrogens with one attached hydrogen (secondary N) is 3. The van der Waals surface area contributed by atoms with Gasteiger partial charge in [0.05, 0.1) is 28.8 Å². The van der Waals surface area contributed by atoms with Crippen molar-refractivity contribution in [2.24, 2.45) is 10.2 Å². The minimum Gasteiger partial charge on any atom is -0.505 e. The number of H-pyrrole nitrogens is 2. The molecule has 0 bridgehead atoms. The molecule has 202 valence electrons. The van der Waals surface area contributed by atoms with Crippen LogP contribution in [0.15, 0.2) is 87.8 Å². The van der Waals surface area contributed by atoms with Crippen molar-refractivity contribution in [2.45, 2.75) is 26.2 Å². The van der Waals surface area contributed by atoms with Crippen LogP contribution in [0.5, 0.6) is 5.75 Å². The van der Waals surface area contributed by atoms with Crippen LogP contribution in [0, 0.1) is 0 Å². The molecule has 0 fully saturated rings. The number of ether oxygens (including phenoxy) is 1. The summed E-state index contributed by atoms with van der Waals surface area (Å²) in [7, 11) is 0. The van der Waals surface area contributed by atoms with E-state index in [1.165, 1.54) is 0 Å². The van der Waals surface area contributed by atoms with Gasteiger partial charge in [-0.2, -0.15) is 0 Å². The number of aromatic nitrogens is 2. The maximum atomic E-state index is 13.3. The van der Waals surface area contributed by atoms with Crippen LogP contribution in [0.4, 0.5) is 17.1 Å². The molecule has 4 aromatic carbocycles. The summed E-state index contributed by atoms with van der Waals surface area (Å²) in [5.74, 6) is -1.45. The summed E-state index contributed by atoms with van der Waals surface area (Å²) in [5, 5.41) is 23.7. The van der Waals surface area contributed by atoms with E-state index >= 15 is 0 Å². The van der Waals surface area contributed by atoms with E-state index in [1.807, 2.05) is 6.07 Å². The number of azo groups is 1. The van der Waals surface area contributed by atoms with E-state index in [0.29, 0.717) is 34.1 Å². The number of benzene rings is 4. The fourth-order valence-corrected chi connectivity index (χ4v) is 4.33. The largest absolute Gasteiger partial charge is 0.505 e. The van der Waals surface area contributed by atoms with Crippen molar-refractivity contribution in [3.63, 3.8) is 0 Å². The number of unbranched alkanes of at least 4 members (excludes halogenated alkanes) is 2. The van der Waals surface area contributed by atoms with Crippen LogP contribution >= 0.6 is 0 Å². The third kappa shape index (κ3) is 5.60. The second kappa shape index (κ2) is 11.6. The molecule has 0 unspecified atom stereocenters. The van der Waals surface area contributed by atoms with E-state index in [1.54, 1.807) is 66.7 Å². The highest BCUT2D eigenvalue weighted by atomic mass is 16.5. The van der Waals surface area contributed by atoms with Crippen molar-refractivity contribution >= 4 is 50.7 Å². The lowest BCUT2D eigenvalue weighted by Crippen LogP contribution is -2.12. The predicted molar refractivity (Wildman–Crippen MR) is 153 cm³/mol. The van der Waals surface area contributed by atoms with Gasteiger partial charge in [0.15, 0.2) is 5.75 Å². The van der Waals surface area contributed by atoms with Crippen LogP contribution in [0.25, 0.3) is 21.8 Å². The summed E-state index contributed by atoms with van der Waals surface area (Å²) in [6.45, 7) is 2.38. The summed E-state index contributed by atoms with van der Waals surface area (Å²) in [5.41, 5.74) is 1.79. The summed E-state index contributed by atoms with van der Waals surface area (Å²) < 4.78 is 5.39. The van der Waals surface area contributed by atoms with E-state index in [9.17, 15) is 19.5 Å². The van der Waals surface area contributed by atoms with Crippen molar-refractivity contribution in [3.8, 4) is 5.75 Å². The first kappa shape index (κ1) is 26.4. The molecule has 5 aromatic rings. The van der Waals surface area contributed by atoms with E-state index in [4.69, 9.17) is 4.74 Å². The molecule has 10 nitrogen and oxygen atoms in total. The number of imidazole rings is 1. The monoisotopic (exact) mass is 537 g/mol. The Morgan fingerprint density at radius 3 is 2.52 bits per heavy atom. The fraction of sp³-hybridized carbons (Fsp3) is 0.167. The number of aromatic hydroxyl groups is 1. The maximum Gasteiger partial charge on any atom is 0.340 e. The number of esters is 1. The predicted octanol–water partition coefficient (Wildman–Crippen LogP) is 6.73. The van der Waals surface area contributed by atoms with Gasteiger partial charge in [-0.25, -0.2) is 9.59 Å². The zero-order valence-corrected chi connectivity index (χ0v) is 21.7. The van der Waals surface area contributed by atoms with Gasteiger partial charge in [0, 0.05) is 11.1 Å². The number of carbonyl (C=O) groups is 2. The van der Waals surface area contributed by atoms with Crippen LogP contribution < -0.4 is 11.0 Å². The Labute approximate surface area is 228 Å². The van der Waals surface area contributed by atoms with Crippen molar-refractivity contribution in [1.82, 2.24) is 9.97 Å². The number of phenolic OH excluding ortho intramolecular Hbond substituents is 1. The Morgan fingerprint density at radius 2 is 1.68 bits per heavy atom. The number of fused-ring (bicyclic) bond motifs is 2. The molecule has 10 heteroatoms. The molecule has 1 aromatic heterocycles. The lowest BCUT2D eigenvalue weighted by Gasteiger charge is -2.11. The van der Waals surface area contributed by atoms with Gasteiger partial charge >= 0.3 is 11.7 Å². The van der Waals surface area contributed by atoms with E-state index in [0.717, 1.165) is 19.3 Å². The van der Waals surface area contributed by atoms with Crippen molar-refractivity contribution in [2.75, 3.05) is 11.9 Å². The van der Waals surface area contributed by atoms with Crippen molar-refractivity contribution in [1.29, 1.82) is 0 Å². The summed E-state index contributed by atoms with van der Waals surface area (Å²) in [6, 6.07) is 20.3. The van der Waals surface area contributed by atoms with Gasteiger partial charge < -0.3 is 25.1 Å². The van der Waals surface area contributed by atoms with E-state index in [2.05, 4.69) is 32.4 Å². The van der Waals surface area contributed by atoms with Crippen LogP contribution in [-0.4, -0.2) is 33.6 Å². The minimum atomic E-state index is -0.576. The molecule has 5 rings (SSSR count). The summed E-state index contributed by atoms with van der Waals surface area (Å²) in [6.07, 6.45) is 2.75. The number of nitrogens with zero attached hydrogens (tertiary/aromatic N) is 2. The highest BCUT2D eigenvalue weighted by Gasteiger charge is 2.19. The molecule has 0 atom stereocenters. The third-order valence-corrected chi connectivity index (χ3v) is 6.38. The molecule has 0 aliphatic carbocycles. The maximum absolute atomic E-state index is 13.3. The Bertz CT molecular complexity index is 1800. The standard InChI is InChI=1S/C30H27N5O5/c1-2-3-8-15-40-29(38)21-11-6-7-12-23(21)34-35-26-20-10-5-4-9-18(20)16-22(27(26)36)28(37)31-19-13-14-24-25(17-19)33-30(39)32-24/h4-7,9-14,16-17,36H,2-3,8,15H2,1H3,(H,31,37)(H2,32,33,39). The molecule has 0 saturated carbocycles. The molecule has 1 amide bonds. The zero-order valence-electron chi connectivity index (χ0n) is 21.7. The first-order chi connectivity index (χ1) is 19.4. The average molecular weight is 538 g/mol. The lowest BCUT2D eigenvalue weighted by atomic mass is 10.0. The molecule has 0 radical (unpaired) electrons. The van der Waals surface area contributed by atoms with Gasteiger partial charge in [-0.3, -0.25) is 4.79 Å². The van der Waals surface area contributed by atoms with Crippen molar-refractivity contribution in [3.05, 3.63) is 94.4 Å². The Balaban J connectivity index is 1.47. The molecule has 4 N–H and O–H groups in total. The van der Waals surface area contributed by atoms with Crippen molar-refractivity contribution < 1.29 is 19.4 Å². The number of hydrogen-bond acceptors (Lipinski definition) is 7. The Hall–Kier alpha value is -5.25. The van der Waals surface area contributed by atoms with Gasteiger partial charge in [-0.1, -0.05) is 56.2 Å². The number of aromatic amines is 2. The molecule has 0 spiro atoms. The van der Waals surface area contributed by atoms with Crippen LogP contribution in [0.2, 0.25) is 0 Å². The van der Waals surface area contributed by atoms with Crippen LogP contribution in [-0.2, 0) is 4.74 Å². The highest BCUT2D eigenvalue weighted by molar-refractivity contribution is 6.12. The molecule has 0 saturated heterocycles. The SMILES string of the molecule is CCCCCOC(=O)c1ccccc1N=Nc1c(O)c(C(=O)Nc2ccc3[nH]c(=O)[nH]c3c2)cc2ccccc12. The van der Waals surface area contributed by atoms with E-state index < -0.39 is 11.9 Å².